The van der Waals surface area contributed by atoms with Crippen LogP contribution in [0.2, 0.25) is 5.02 Å². The van der Waals surface area contributed by atoms with Crippen molar-refractivity contribution in [3.05, 3.63) is 23.2 Å². The van der Waals surface area contributed by atoms with Gasteiger partial charge in [0.1, 0.15) is 5.52 Å². The fourth-order valence-corrected chi connectivity index (χ4v) is 3.86. The molecule has 0 radical (unpaired) electrons. The average molecular weight is 378 g/mol. The van der Waals surface area contributed by atoms with Gasteiger partial charge < -0.3 is 19.4 Å². The fourth-order valence-electron chi connectivity index (χ4n) is 3.69. The number of anilines is 1. The van der Waals surface area contributed by atoms with Crippen LogP contribution in [0.1, 0.15) is 25.7 Å². The van der Waals surface area contributed by atoms with Crippen molar-refractivity contribution in [2.45, 2.75) is 25.7 Å². The minimum Gasteiger partial charge on any atom is -0.423 e. The van der Waals surface area contributed by atoms with E-state index in [0.717, 1.165) is 64.0 Å². The first-order valence-corrected chi connectivity index (χ1v) is 9.73. The normalized spacial score (nSPS) is 19.8. The Morgan fingerprint density at radius 1 is 1.23 bits per heavy atom. The summed E-state index contributed by atoms with van der Waals surface area (Å²) in [4.78, 5) is 19.1. The Morgan fingerprint density at radius 3 is 2.77 bits per heavy atom. The lowest BCUT2D eigenvalue weighted by atomic mass is 9.95. The minimum absolute atomic E-state index is 0.0740. The van der Waals surface area contributed by atoms with Crippen LogP contribution < -0.4 is 10.2 Å². The van der Waals surface area contributed by atoms with Crippen molar-refractivity contribution < 1.29 is 13.9 Å². The number of ether oxygens (including phenoxy) is 1. The van der Waals surface area contributed by atoms with Gasteiger partial charge in [0, 0.05) is 49.9 Å². The van der Waals surface area contributed by atoms with Crippen LogP contribution in [0.15, 0.2) is 22.6 Å². The number of aromatic nitrogens is 1. The number of halogens is 1. The van der Waals surface area contributed by atoms with E-state index in [9.17, 15) is 4.79 Å². The first-order valence-electron chi connectivity index (χ1n) is 9.35. The van der Waals surface area contributed by atoms with Crippen molar-refractivity contribution in [3.63, 3.8) is 0 Å². The second kappa shape index (κ2) is 7.84. The van der Waals surface area contributed by atoms with E-state index in [4.69, 9.17) is 20.8 Å². The molecule has 4 rings (SSSR count). The quantitative estimate of drug-likeness (QED) is 0.885. The summed E-state index contributed by atoms with van der Waals surface area (Å²) in [6.07, 6.45) is 3.72. The summed E-state index contributed by atoms with van der Waals surface area (Å²) < 4.78 is 11.2. The van der Waals surface area contributed by atoms with Gasteiger partial charge in [-0.15, -0.1) is 0 Å². The number of piperidine rings is 1. The molecule has 3 heterocycles. The van der Waals surface area contributed by atoms with E-state index in [1.54, 1.807) is 6.07 Å². The van der Waals surface area contributed by atoms with Gasteiger partial charge >= 0.3 is 0 Å². The molecule has 1 aromatic heterocycles. The summed E-state index contributed by atoms with van der Waals surface area (Å²) in [5.74, 6) is 0.810. The number of carbonyl (C=O) groups is 1. The smallest absolute Gasteiger partial charge is 0.298 e. The molecule has 0 saturated carbocycles. The maximum atomic E-state index is 12.4. The molecule has 2 saturated heterocycles. The van der Waals surface area contributed by atoms with Gasteiger partial charge in [-0.05, 0) is 43.7 Å². The number of rotatable bonds is 4. The molecule has 1 amide bonds. The molecule has 6 nitrogen and oxygen atoms in total. The van der Waals surface area contributed by atoms with Crippen molar-refractivity contribution in [3.8, 4) is 0 Å². The first kappa shape index (κ1) is 17.6. The Morgan fingerprint density at radius 2 is 2.00 bits per heavy atom. The predicted octanol–water partition coefficient (Wildman–Crippen LogP) is 3.24. The van der Waals surface area contributed by atoms with Gasteiger partial charge in [-0.1, -0.05) is 11.6 Å². The highest BCUT2D eigenvalue weighted by molar-refractivity contribution is 6.31. The van der Waals surface area contributed by atoms with Crippen molar-refractivity contribution in [2.24, 2.45) is 11.8 Å². The molecule has 2 aliphatic heterocycles. The summed E-state index contributed by atoms with van der Waals surface area (Å²) in [5.41, 5.74) is 1.50. The molecular weight excluding hydrogens is 354 g/mol. The van der Waals surface area contributed by atoms with Crippen LogP contribution in [-0.4, -0.2) is 43.7 Å². The van der Waals surface area contributed by atoms with E-state index in [2.05, 4.69) is 15.2 Å². The number of fused-ring (bicyclic) bond motifs is 1. The van der Waals surface area contributed by atoms with E-state index < -0.39 is 0 Å². The van der Waals surface area contributed by atoms with Gasteiger partial charge in [0.05, 0.1) is 0 Å². The summed E-state index contributed by atoms with van der Waals surface area (Å²) in [5, 5.41) is 3.78. The summed E-state index contributed by atoms with van der Waals surface area (Å²) in [6, 6.07) is 6.07. The Kier molecular flexibility index (Phi) is 5.31. The van der Waals surface area contributed by atoms with Crippen molar-refractivity contribution in [2.75, 3.05) is 37.7 Å². The lowest BCUT2D eigenvalue weighted by molar-refractivity contribution is -0.125. The maximum absolute atomic E-state index is 12.4. The molecule has 2 aromatic rings. The van der Waals surface area contributed by atoms with Gasteiger partial charge in [0.15, 0.2) is 5.58 Å². The number of hydrogen-bond donors (Lipinski definition) is 1. The SMILES string of the molecule is O=C(NCC1CCOCC1)C1CCN(c2nc3ccc(Cl)cc3o2)CC1. The fraction of sp³-hybridized carbons (Fsp3) is 0.579. The largest absolute Gasteiger partial charge is 0.423 e. The zero-order valence-corrected chi connectivity index (χ0v) is 15.5. The predicted molar refractivity (Wildman–Crippen MR) is 101 cm³/mol. The molecule has 0 atom stereocenters. The third-order valence-corrected chi connectivity index (χ3v) is 5.62. The van der Waals surface area contributed by atoms with E-state index in [1.807, 2.05) is 12.1 Å². The molecular formula is C19H24ClN3O3. The molecule has 7 heteroatoms. The highest BCUT2D eigenvalue weighted by Gasteiger charge is 2.27. The van der Waals surface area contributed by atoms with E-state index in [-0.39, 0.29) is 11.8 Å². The van der Waals surface area contributed by atoms with Gasteiger partial charge in [0.25, 0.3) is 6.01 Å². The van der Waals surface area contributed by atoms with Crippen LogP contribution in [0, 0.1) is 11.8 Å². The second-order valence-corrected chi connectivity index (χ2v) is 7.61. The Hall–Kier alpha value is -1.79. The number of nitrogens with one attached hydrogen (secondary N) is 1. The molecule has 0 unspecified atom stereocenters. The standard InChI is InChI=1S/C19H24ClN3O3/c20-15-1-2-16-17(11-15)26-19(22-16)23-7-3-14(4-8-23)18(24)21-12-13-5-9-25-10-6-13/h1-2,11,13-14H,3-10,12H2,(H,21,24). The summed E-state index contributed by atoms with van der Waals surface area (Å²) in [6.45, 7) is 3.95. The van der Waals surface area contributed by atoms with Gasteiger partial charge in [-0.25, -0.2) is 0 Å². The molecule has 1 aromatic carbocycles. The number of benzene rings is 1. The van der Waals surface area contributed by atoms with Gasteiger partial charge in [-0.2, -0.15) is 4.98 Å². The number of nitrogens with zero attached hydrogens (tertiary/aromatic N) is 2. The van der Waals surface area contributed by atoms with Crippen LogP contribution in [-0.2, 0) is 9.53 Å². The second-order valence-electron chi connectivity index (χ2n) is 7.17. The van der Waals surface area contributed by atoms with Crippen LogP contribution in [0.3, 0.4) is 0 Å². The number of amides is 1. The third-order valence-electron chi connectivity index (χ3n) is 5.38. The summed E-state index contributed by atoms with van der Waals surface area (Å²) >= 11 is 6.00. The van der Waals surface area contributed by atoms with Crippen LogP contribution >= 0.6 is 11.6 Å². The lowest BCUT2D eigenvalue weighted by Gasteiger charge is -2.30. The monoisotopic (exact) mass is 377 g/mol. The Labute approximate surface area is 157 Å². The lowest BCUT2D eigenvalue weighted by Crippen LogP contribution is -2.42. The number of hydrogen-bond acceptors (Lipinski definition) is 5. The van der Waals surface area contributed by atoms with E-state index in [0.29, 0.717) is 22.5 Å². The van der Waals surface area contributed by atoms with Crippen molar-refractivity contribution in [1.82, 2.24) is 10.3 Å². The molecule has 1 N–H and O–H groups in total. The number of carbonyl (C=O) groups excluding carboxylic acids is 1. The highest BCUT2D eigenvalue weighted by atomic mass is 35.5. The van der Waals surface area contributed by atoms with E-state index in [1.165, 1.54) is 0 Å². The topological polar surface area (TPSA) is 67.6 Å². The van der Waals surface area contributed by atoms with Crippen LogP contribution in [0.4, 0.5) is 6.01 Å². The van der Waals surface area contributed by atoms with Crippen LogP contribution in [0.5, 0.6) is 0 Å². The van der Waals surface area contributed by atoms with Crippen LogP contribution in [0.25, 0.3) is 11.1 Å². The molecule has 2 fully saturated rings. The van der Waals surface area contributed by atoms with E-state index >= 15 is 0 Å². The molecule has 0 bridgehead atoms. The first-order chi connectivity index (χ1) is 12.7. The molecule has 0 spiro atoms. The maximum Gasteiger partial charge on any atom is 0.298 e. The molecule has 26 heavy (non-hydrogen) atoms. The zero-order valence-electron chi connectivity index (χ0n) is 14.7. The Bertz CT molecular complexity index is 764. The van der Waals surface area contributed by atoms with Crippen molar-refractivity contribution >= 4 is 34.6 Å². The molecule has 0 aliphatic carbocycles. The van der Waals surface area contributed by atoms with Gasteiger partial charge in [0.2, 0.25) is 5.91 Å². The molecule has 140 valence electrons. The van der Waals surface area contributed by atoms with Gasteiger partial charge in [-0.3, -0.25) is 4.79 Å². The Balaban J connectivity index is 1.29. The highest BCUT2D eigenvalue weighted by Crippen LogP contribution is 2.28. The minimum atomic E-state index is 0.0740. The molecule has 2 aliphatic rings. The summed E-state index contributed by atoms with van der Waals surface area (Å²) in [7, 11) is 0. The number of oxazole rings is 1. The van der Waals surface area contributed by atoms with Crippen molar-refractivity contribution in [1.29, 1.82) is 0 Å². The average Bonchev–Trinajstić information content (AvgIpc) is 3.10. The zero-order chi connectivity index (χ0) is 17.9. The third kappa shape index (κ3) is 3.96.